The Kier molecular flexibility index (Phi) is 6.29. The lowest BCUT2D eigenvalue weighted by Crippen LogP contribution is -2.45. The highest BCUT2D eigenvalue weighted by Gasteiger charge is 2.33. The fourth-order valence-electron chi connectivity index (χ4n) is 4.36. The van der Waals surface area contributed by atoms with Crippen LogP contribution in [0.2, 0.25) is 0 Å². The summed E-state index contributed by atoms with van der Waals surface area (Å²) < 4.78 is 14.2. The summed E-state index contributed by atoms with van der Waals surface area (Å²) in [6.45, 7) is 5.05. The Labute approximate surface area is 173 Å². The van der Waals surface area contributed by atoms with Crippen LogP contribution in [0.1, 0.15) is 48.8 Å². The molecule has 1 aliphatic heterocycles. The lowest BCUT2D eigenvalue weighted by atomic mass is 9.83. The zero-order valence-electron chi connectivity index (χ0n) is 17.2. The van der Waals surface area contributed by atoms with Gasteiger partial charge in [0.25, 0.3) is 0 Å². The normalized spacial score (nSPS) is 22.4. The third-order valence-corrected chi connectivity index (χ3v) is 6.37. The molecule has 2 aliphatic rings. The number of aryl methyl sites for hydroxylation is 1. The van der Waals surface area contributed by atoms with Crippen molar-refractivity contribution in [1.82, 2.24) is 10.2 Å². The molecule has 0 aromatic heterocycles. The smallest absolute Gasteiger partial charge is 0.224 e. The first-order valence-electron chi connectivity index (χ1n) is 10.9. The second kappa shape index (κ2) is 9.08. The van der Waals surface area contributed by atoms with E-state index in [1.54, 1.807) is 6.07 Å². The van der Waals surface area contributed by atoms with Crippen LogP contribution in [0.4, 0.5) is 4.39 Å². The van der Waals surface area contributed by atoms with Crippen LogP contribution in [0.3, 0.4) is 0 Å². The number of nitrogens with one attached hydrogen (secondary N) is 1. The molecular weight excluding hydrogens is 363 g/mol. The maximum atomic E-state index is 14.2. The molecule has 4 rings (SSSR count). The van der Waals surface area contributed by atoms with Crippen molar-refractivity contribution in [3.8, 4) is 0 Å². The van der Waals surface area contributed by atoms with E-state index < -0.39 is 0 Å². The van der Waals surface area contributed by atoms with Crippen LogP contribution < -0.4 is 5.32 Å². The van der Waals surface area contributed by atoms with Gasteiger partial charge in [-0.1, -0.05) is 49.4 Å². The summed E-state index contributed by atoms with van der Waals surface area (Å²) in [5.41, 5.74) is 3.30. The molecule has 154 valence electrons. The Morgan fingerprint density at radius 1 is 1.10 bits per heavy atom. The fraction of sp³-hybridized carbons (Fsp3) is 0.480. The highest BCUT2D eigenvalue weighted by molar-refractivity contribution is 5.79. The Hall–Kier alpha value is -2.20. The molecule has 2 fully saturated rings. The minimum Gasteiger partial charge on any atom is -0.356 e. The van der Waals surface area contributed by atoms with Gasteiger partial charge in [-0.15, -0.1) is 0 Å². The first-order chi connectivity index (χ1) is 14.1. The SMILES string of the molecule is CCc1ccc(C2CC(C(=O)NCC3CC3)CN(Cc3ccccc3F)C2)cc1. The van der Waals surface area contributed by atoms with Crippen LogP contribution in [-0.4, -0.2) is 30.4 Å². The summed E-state index contributed by atoms with van der Waals surface area (Å²) in [7, 11) is 0. The number of hydrogen-bond donors (Lipinski definition) is 1. The predicted molar refractivity (Wildman–Crippen MR) is 114 cm³/mol. The standard InChI is InChI=1S/C25H31FN2O/c1-2-18-9-11-20(12-10-18)22-13-23(25(29)27-14-19-7-8-19)17-28(16-22)15-21-5-3-4-6-24(21)26/h3-6,9-12,19,22-23H,2,7-8,13-17H2,1H3,(H,27,29). The third-order valence-electron chi connectivity index (χ3n) is 6.37. The van der Waals surface area contributed by atoms with E-state index in [1.807, 2.05) is 12.1 Å². The van der Waals surface area contributed by atoms with E-state index in [0.29, 0.717) is 24.6 Å². The molecule has 2 unspecified atom stereocenters. The molecule has 3 nitrogen and oxygen atoms in total. The van der Waals surface area contributed by atoms with Crippen molar-refractivity contribution in [1.29, 1.82) is 0 Å². The van der Waals surface area contributed by atoms with Gasteiger partial charge in [0, 0.05) is 31.7 Å². The molecule has 2 aromatic carbocycles. The van der Waals surface area contributed by atoms with Crippen LogP contribution in [0.15, 0.2) is 48.5 Å². The number of likely N-dealkylation sites (tertiary alicyclic amines) is 1. The molecule has 29 heavy (non-hydrogen) atoms. The fourth-order valence-corrected chi connectivity index (χ4v) is 4.36. The number of amides is 1. The number of piperidine rings is 1. The maximum absolute atomic E-state index is 14.2. The Balaban J connectivity index is 1.50. The number of carbonyl (C=O) groups is 1. The Bertz CT molecular complexity index is 831. The monoisotopic (exact) mass is 394 g/mol. The van der Waals surface area contributed by atoms with Gasteiger partial charge in [0.05, 0.1) is 5.92 Å². The van der Waals surface area contributed by atoms with Crippen molar-refractivity contribution >= 4 is 5.91 Å². The van der Waals surface area contributed by atoms with Crippen molar-refractivity contribution in [3.05, 3.63) is 71.0 Å². The second-order valence-electron chi connectivity index (χ2n) is 8.70. The summed E-state index contributed by atoms with van der Waals surface area (Å²) in [6.07, 6.45) is 4.35. The van der Waals surface area contributed by atoms with Gasteiger partial charge in [-0.25, -0.2) is 4.39 Å². The molecule has 1 aliphatic carbocycles. The zero-order chi connectivity index (χ0) is 20.2. The van der Waals surface area contributed by atoms with Crippen molar-refractivity contribution in [3.63, 3.8) is 0 Å². The van der Waals surface area contributed by atoms with Crippen molar-refractivity contribution in [2.24, 2.45) is 11.8 Å². The van der Waals surface area contributed by atoms with E-state index in [9.17, 15) is 9.18 Å². The summed E-state index contributed by atoms with van der Waals surface area (Å²) in [5, 5.41) is 3.16. The minimum absolute atomic E-state index is 0.0508. The van der Waals surface area contributed by atoms with Gasteiger partial charge in [0.2, 0.25) is 5.91 Å². The van der Waals surface area contributed by atoms with E-state index in [0.717, 1.165) is 25.9 Å². The van der Waals surface area contributed by atoms with E-state index in [-0.39, 0.29) is 23.6 Å². The first kappa shape index (κ1) is 20.1. The largest absolute Gasteiger partial charge is 0.356 e. The van der Waals surface area contributed by atoms with Crippen LogP contribution in [0, 0.1) is 17.7 Å². The number of nitrogens with zero attached hydrogens (tertiary/aromatic N) is 1. The highest BCUT2D eigenvalue weighted by atomic mass is 19.1. The maximum Gasteiger partial charge on any atom is 0.224 e. The highest BCUT2D eigenvalue weighted by Crippen LogP contribution is 2.32. The summed E-state index contributed by atoms with van der Waals surface area (Å²) in [4.78, 5) is 15.1. The van der Waals surface area contributed by atoms with E-state index in [4.69, 9.17) is 0 Å². The van der Waals surface area contributed by atoms with E-state index >= 15 is 0 Å². The molecule has 0 bridgehead atoms. The Morgan fingerprint density at radius 2 is 1.86 bits per heavy atom. The van der Waals surface area contributed by atoms with Gasteiger partial charge in [-0.3, -0.25) is 9.69 Å². The van der Waals surface area contributed by atoms with Gasteiger partial charge in [-0.2, -0.15) is 0 Å². The lowest BCUT2D eigenvalue weighted by Gasteiger charge is -2.37. The van der Waals surface area contributed by atoms with Gasteiger partial charge >= 0.3 is 0 Å². The number of benzene rings is 2. The van der Waals surface area contributed by atoms with Crippen LogP contribution in [0.25, 0.3) is 0 Å². The molecule has 0 spiro atoms. The quantitative estimate of drug-likeness (QED) is 0.749. The molecule has 0 radical (unpaired) electrons. The van der Waals surface area contributed by atoms with Gasteiger partial charge < -0.3 is 5.32 Å². The molecule has 2 aromatic rings. The van der Waals surface area contributed by atoms with Crippen molar-refractivity contribution in [2.75, 3.05) is 19.6 Å². The van der Waals surface area contributed by atoms with E-state index in [1.165, 1.54) is 30.0 Å². The lowest BCUT2D eigenvalue weighted by molar-refractivity contribution is -0.127. The summed E-state index contributed by atoms with van der Waals surface area (Å²) in [6, 6.07) is 15.7. The van der Waals surface area contributed by atoms with Crippen molar-refractivity contribution < 1.29 is 9.18 Å². The summed E-state index contributed by atoms with van der Waals surface area (Å²) >= 11 is 0. The molecule has 1 heterocycles. The average molecular weight is 395 g/mol. The van der Waals surface area contributed by atoms with Gasteiger partial charge in [0.1, 0.15) is 5.82 Å². The van der Waals surface area contributed by atoms with Gasteiger partial charge in [0.15, 0.2) is 0 Å². The molecular formula is C25H31FN2O. The predicted octanol–water partition coefficient (Wildman–Crippen LogP) is 4.52. The zero-order valence-corrected chi connectivity index (χ0v) is 17.2. The van der Waals surface area contributed by atoms with Crippen LogP contribution in [0.5, 0.6) is 0 Å². The van der Waals surface area contributed by atoms with Crippen molar-refractivity contribution in [2.45, 2.75) is 45.1 Å². The average Bonchev–Trinajstić information content (AvgIpc) is 3.58. The molecule has 1 saturated carbocycles. The van der Waals surface area contributed by atoms with Crippen LogP contribution >= 0.6 is 0 Å². The minimum atomic E-state index is -0.170. The van der Waals surface area contributed by atoms with Gasteiger partial charge in [-0.05, 0) is 54.7 Å². The number of hydrogen-bond acceptors (Lipinski definition) is 2. The number of rotatable bonds is 7. The second-order valence-corrected chi connectivity index (χ2v) is 8.70. The van der Waals surface area contributed by atoms with E-state index in [2.05, 4.69) is 41.4 Å². The molecule has 1 N–H and O–H groups in total. The summed E-state index contributed by atoms with van der Waals surface area (Å²) in [5.74, 6) is 0.902. The van der Waals surface area contributed by atoms with Crippen LogP contribution in [-0.2, 0) is 17.8 Å². The molecule has 4 heteroatoms. The molecule has 2 atom stereocenters. The third kappa shape index (κ3) is 5.24. The number of carbonyl (C=O) groups excluding carboxylic acids is 1. The Morgan fingerprint density at radius 3 is 2.55 bits per heavy atom. The molecule has 1 saturated heterocycles. The first-order valence-corrected chi connectivity index (χ1v) is 10.9. The topological polar surface area (TPSA) is 32.3 Å². The molecule has 1 amide bonds. The number of halogens is 1.